The molecule has 1 heterocycles. The van der Waals surface area contributed by atoms with Crippen molar-refractivity contribution in [1.29, 1.82) is 0 Å². The Kier molecular flexibility index (Phi) is 6.59. The minimum absolute atomic E-state index is 0.00396. The molecule has 4 rings (SSSR count). The molecular formula is C26H25N3O4. The number of phenolic OH excluding ortho intramolecular Hbond substituents is 1. The van der Waals surface area contributed by atoms with Crippen LogP contribution in [0, 0.1) is 0 Å². The van der Waals surface area contributed by atoms with E-state index >= 15 is 0 Å². The molecule has 0 saturated heterocycles. The summed E-state index contributed by atoms with van der Waals surface area (Å²) in [4.78, 5) is 12.7. The predicted molar refractivity (Wildman–Crippen MR) is 126 cm³/mol. The quantitative estimate of drug-likeness (QED) is 0.364. The zero-order valence-electron chi connectivity index (χ0n) is 18.5. The molecule has 7 heteroatoms. The van der Waals surface area contributed by atoms with Crippen molar-refractivity contribution < 1.29 is 19.4 Å². The molecule has 1 aromatic heterocycles. The lowest BCUT2D eigenvalue weighted by atomic mass is 9.97. The first-order valence-electron chi connectivity index (χ1n) is 10.6. The van der Waals surface area contributed by atoms with Crippen LogP contribution in [0.25, 0.3) is 22.4 Å². The van der Waals surface area contributed by atoms with Gasteiger partial charge in [0, 0.05) is 23.7 Å². The Labute approximate surface area is 192 Å². The number of ether oxygens (including phenoxy) is 2. The summed E-state index contributed by atoms with van der Waals surface area (Å²) in [5.74, 6) is 0.963. The summed E-state index contributed by atoms with van der Waals surface area (Å²) in [6.07, 6.45) is 0. The van der Waals surface area contributed by atoms with Crippen LogP contribution in [-0.2, 0) is 6.61 Å². The van der Waals surface area contributed by atoms with Gasteiger partial charge < -0.3 is 19.9 Å². The maximum absolute atomic E-state index is 12.7. The summed E-state index contributed by atoms with van der Waals surface area (Å²) in [7, 11) is 1.60. The Morgan fingerprint density at radius 3 is 2.42 bits per heavy atom. The van der Waals surface area contributed by atoms with E-state index in [1.807, 2.05) is 61.5 Å². The van der Waals surface area contributed by atoms with Gasteiger partial charge in [0.1, 0.15) is 35.2 Å². The van der Waals surface area contributed by atoms with Gasteiger partial charge in [-0.2, -0.15) is 5.10 Å². The predicted octanol–water partition coefficient (Wildman–Crippen LogP) is 4.79. The first kappa shape index (κ1) is 22.0. The van der Waals surface area contributed by atoms with Gasteiger partial charge in [-0.25, -0.2) is 0 Å². The van der Waals surface area contributed by atoms with Crippen LogP contribution in [0.4, 0.5) is 0 Å². The van der Waals surface area contributed by atoms with Crippen LogP contribution >= 0.6 is 0 Å². The van der Waals surface area contributed by atoms with Crippen LogP contribution in [-0.4, -0.2) is 34.9 Å². The average Bonchev–Trinajstić information content (AvgIpc) is 3.28. The number of hydrogen-bond acceptors (Lipinski definition) is 5. The Morgan fingerprint density at radius 2 is 1.76 bits per heavy atom. The number of benzene rings is 3. The molecule has 0 unspecified atom stereocenters. The van der Waals surface area contributed by atoms with Gasteiger partial charge in [0.05, 0.1) is 7.11 Å². The second-order valence-electron chi connectivity index (χ2n) is 7.36. The van der Waals surface area contributed by atoms with E-state index in [0.29, 0.717) is 47.2 Å². The van der Waals surface area contributed by atoms with Crippen molar-refractivity contribution >= 4 is 5.91 Å². The highest BCUT2D eigenvalue weighted by Crippen LogP contribution is 2.39. The van der Waals surface area contributed by atoms with Crippen LogP contribution in [0.2, 0.25) is 0 Å². The van der Waals surface area contributed by atoms with E-state index in [-0.39, 0.29) is 11.7 Å². The van der Waals surface area contributed by atoms with E-state index in [4.69, 9.17) is 9.47 Å². The van der Waals surface area contributed by atoms with E-state index in [2.05, 4.69) is 15.5 Å². The number of nitrogens with zero attached hydrogens (tertiary/aromatic N) is 1. The molecule has 3 aromatic carbocycles. The van der Waals surface area contributed by atoms with Gasteiger partial charge in [-0.3, -0.25) is 9.89 Å². The molecule has 0 aliphatic heterocycles. The average molecular weight is 444 g/mol. The van der Waals surface area contributed by atoms with Crippen molar-refractivity contribution in [2.75, 3.05) is 13.7 Å². The van der Waals surface area contributed by atoms with Crippen LogP contribution in [0.3, 0.4) is 0 Å². The standard InChI is InChI=1S/C26H25N3O4/c1-3-27-26(31)25-23(18-9-11-19(32-2)12-10-18)24(28-29-25)21-14-13-20(15-22(21)30)33-16-17-7-5-4-6-8-17/h4-15,30H,3,16H2,1-2H3,(H,27,31)(H,28,29). The number of nitrogens with one attached hydrogen (secondary N) is 2. The van der Waals surface area contributed by atoms with E-state index in [0.717, 1.165) is 11.1 Å². The van der Waals surface area contributed by atoms with Crippen LogP contribution in [0.5, 0.6) is 17.2 Å². The van der Waals surface area contributed by atoms with Gasteiger partial charge in [-0.1, -0.05) is 42.5 Å². The molecule has 0 atom stereocenters. The smallest absolute Gasteiger partial charge is 0.269 e. The molecule has 0 bridgehead atoms. The fourth-order valence-corrected chi connectivity index (χ4v) is 3.53. The van der Waals surface area contributed by atoms with Crippen LogP contribution in [0.1, 0.15) is 23.0 Å². The fraction of sp³-hybridized carbons (Fsp3) is 0.154. The first-order valence-corrected chi connectivity index (χ1v) is 10.6. The number of H-pyrrole nitrogens is 1. The molecule has 33 heavy (non-hydrogen) atoms. The summed E-state index contributed by atoms with van der Waals surface area (Å²) in [5.41, 5.74) is 3.66. The monoisotopic (exact) mass is 443 g/mol. The third-order valence-corrected chi connectivity index (χ3v) is 5.18. The molecule has 0 fully saturated rings. The van der Waals surface area contributed by atoms with Gasteiger partial charge in [0.2, 0.25) is 0 Å². The number of carbonyl (C=O) groups is 1. The number of amides is 1. The summed E-state index contributed by atoms with van der Waals surface area (Å²) in [6.45, 7) is 2.72. The minimum atomic E-state index is -0.274. The lowest BCUT2D eigenvalue weighted by Gasteiger charge is -2.11. The van der Waals surface area contributed by atoms with E-state index in [9.17, 15) is 9.90 Å². The topological polar surface area (TPSA) is 96.5 Å². The van der Waals surface area contributed by atoms with Gasteiger partial charge in [-0.15, -0.1) is 0 Å². The Morgan fingerprint density at radius 1 is 1.03 bits per heavy atom. The number of aromatic nitrogens is 2. The zero-order chi connectivity index (χ0) is 23.2. The highest BCUT2D eigenvalue weighted by molar-refractivity contribution is 6.03. The van der Waals surface area contributed by atoms with Crippen LogP contribution in [0.15, 0.2) is 72.8 Å². The Hall–Kier alpha value is -4.26. The maximum Gasteiger partial charge on any atom is 0.269 e. The number of aromatic hydroxyl groups is 1. The van der Waals surface area contributed by atoms with Gasteiger partial charge >= 0.3 is 0 Å². The molecule has 1 amide bonds. The SMILES string of the molecule is CCNC(=O)c1[nH]nc(-c2ccc(OCc3ccccc3)cc2O)c1-c1ccc(OC)cc1. The van der Waals surface area contributed by atoms with Crippen molar-refractivity contribution in [3.8, 4) is 39.6 Å². The molecule has 0 aliphatic carbocycles. The van der Waals surface area contributed by atoms with Crippen molar-refractivity contribution in [2.45, 2.75) is 13.5 Å². The largest absolute Gasteiger partial charge is 0.507 e. The Balaban J connectivity index is 1.69. The molecule has 4 aromatic rings. The normalized spacial score (nSPS) is 10.6. The second kappa shape index (κ2) is 9.91. The van der Waals surface area contributed by atoms with E-state index < -0.39 is 0 Å². The third-order valence-electron chi connectivity index (χ3n) is 5.18. The Bertz CT molecular complexity index is 1230. The number of hydrogen-bond donors (Lipinski definition) is 3. The lowest BCUT2D eigenvalue weighted by molar-refractivity contribution is 0.0951. The summed E-state index contributed by atoms with van der Waals surface area (Å²) in [6, 6.07) is 22.2. The maximum atomic E-state index is 12.7. The molecule has 3 N–H and O–H groups in total. The highest BCUT2D eigenvalue weighted by Gasteiger charge is 2.23. The zero-order valence-corrected chi connectivity index (χ0v) is 18.5. The lowest BCUT2D eigenvalue weighted by Crippen LogP contribution is -2.23. The highest BCUT2D eigenvalue weighted by atomic mass is 16.5. The first-order chi connectivity index (χ1) is 16.1. The van der Waals surface area contributed by atoms with Gasteiger partial charge in [0.25, 0.3) is 5.91 Å². The molecule has 0 saturated carbocycles. The van der Waals surface area contributed by atoms with Gasteiger partial charge in [-0.05, 0) is 42.3 Å². The van der Waals surface area contributed by atoms with E-state index in [1.54, 1.807) is 25.3 Å². The molecule has 7 nitrogen and oxygen atoms in total. The van der Waals surface area contributed by atoms with E-state index in [1.165, 1.54) is 0 Å². The molecule has 0 radical (unpaired) electrons. The fourth-order valence-electron chi connectivity index (χ4n) is 3.53. The summed E-state index contributed by atoms with van der Waals surface area (Å²) >= 11 is 0. The summed E-state index contributed by atoms with van der Waals surface area (Å²) in [5, 5.41) is 20.8. The van der Waals surface area contributed by atoms with Gasteiger partial charge in [0.15, 0.2) is 0 Å². The van der Waals surface area contributed by atoms with Crippen molar-refractivity contribution in [3.63, 3.8) is 0 Å². The third kappa shape index (κ3) is 4.82. The molecule has 0 aliphatic rings. The number of rotatable bonds is 8. The van der Waals surface area contributed by atoms with Crippen LogP contribution < -0.4 is 14.8 Å². The number of methoxy groups -OCH3 is 1. The molecule has 168 valence electrons. The molecular weight excluding hydrogens is 418 g/mol. The number of carbonyl (C=O) groups excluding carboxylic acids is 1. The summed E-state index contributed by atoms with van der Waals surface area (Å²) < 4.78 is 11.1. The van der Waals surface area contributed by atoms with Crippen molar-refractivity contribution in [1.82, 2.24) is 15.5 Å². The molecule has 0 spiro atoms. The minimum Gasteiger partial charge on any atom is -0.507 e. The second-order valence-corrected chi connectivity index (χ2v) is 7.36. The number of phenols is 1. The van der Waals surface area contributed by atoms with Crippen molar-refractivity contribution in [3.05, 3.63) is 84.1 Å². The van der Waals surface area contributed by atoms with Crippen molar-refractivity contribution in [2.24, 2.45) is 0 Å². The number of aromatic amines is 1.